The lowest BCUT2D eigenvalue weighted by atomic mass is 10.2. The van der Waals surface area contributed by atoms with Crippen molar-refractivity contribution in [2.75, 3.05) is 27.2 Å². The Morgan fingerprint density at radius 2 is 2.11 bits per heavy atom. The smallest absolute Gasteiger partial charge is 0.360 e. The van der Waals surface area contributed by atoms with Crippen molar-refractivity contribution in [3.63, 3.8) is 0 Å². The first kappa shape index (κ1) is 14.6. The van der Waals surface area contributed by atoms with Crippen molar-refractivity contribution in [1.82, 2.24) is 19.9 Å². The van der Waals surface area contributed by atoms with Crippen LogP contribution in [0.4, 0.5) is 0 Å². The molecule has 0 saturated heterocycles. The van der Waals surface area contributed by atoms with Crippen LogP contribution < -0.4 is 0 Å². The van der Waals surface area contributed by atoms with E-state index in [4.69, 9.17) is 4.74 Å². The van der Waals surface area contributed by atoms with Crippen LogP contribution in [0.15, 0.2) is 0 Å². The number of esters is 1. The largest absolute Gasteiger partial charge is 0.461 e. The summed E-state index contributed by atoms with van der Waals surface area (Å²) < 4.78 is 6.79. The molecule has 0 atom stereocenters. The summed E-state index contributed by atoms with van der Waals surface area (Å²) in [5, 5.41) is 8.00. The minimum Gasteiger partial charge on any atom is -0.461 e. The number of aromatic nitrogens is 3. The molecule has 0 amide bonds. The fourth-order valence-electron chi connectivity index (χ4n) is 1.65. The second-order valence-corrected chi connectivity index (χ2v) is 4.38. The molecule has 0 N–H and O–H groups in total. The highest BCUT2D eigenvalue weighted by Gasteiger charge is 2.19. The molecule has 0 aromatic carbocycles. The van der Waals surface area contributed by atoms with Crippen molar-refractivity contribution in [2.24, 2.45) is 0 Å². The van der Waals surface area contributed by atoms with Gasteiger partial charge in [0.1, 0.15) is 0 Å². The van der Waals surface area contributed by atoms with Gasteiger partial charge in [-0.3, -0.25) is 0 Å². The van der Waals surface area contributed by atoms with E-state index in [1.165, 1.54) is 0 Å². The molecule has 1 aromatic rings. The highest BCUT2D eigenvalue weighted by atomic mass is 16.5. The lowest BCUT2D eigenvalue weighted by molar-refractivity contribution is 0.0518. The number of ether oxygens (including phenoxy) is 1. The molecule has 6 heteroatoms. The van der Waals surface area contributed by atoms with Crippen LogP contribution in [-0.2, 0) is 17.7 Å². The van der Waals surface area contributed by atoms with Gasteiger partial charge >= 0.3 is 5.97 Å². The monoisotopic (exact) mass is 254 g/mol. The summed E-state index contributed by atoms with van der Waals surface area (Å²) in [5.41, 5.74) is 1.23. The molecule has 102 valence electrons. The summed E-state index contributed by atoms with van der Waals surface area (Å²) in [6.07, 6.45) is 1.73. The highest BCUT2D eigenvalue weighted by Crippen LogP contribution is 2.10. The van der Waals surface area contributed by atoms with Crippen molar-refractivity contribution >= 4 is 5.97 Å². The SMILES string of the molecule is CCCc1c(C(=O)OCC)nnn1CCN(C)C. The van der Waals surface area contributed by atoms with Crippen LogP contribution in [0.25, 0.3) is 0 Å². The lowest BCUT2D eigenvalue weighted by Crippen LogP contribution is -2.20. The van der Waals surface area contributed by atoms with Gasteiger partial charge in [0, 0.05) is 6.54 Å². The maximum absolute atomic E-state index is 11.7. The van der Waals surface area contributed by atoms with Crippen molar-refractivity contribution in [3.8, 4) is 0 Å². The molecule has 1 aromatic heterocycles. The van der Waals surface area contributed by atoms with E-state index in [2.05, 4.69) is 22.1 Å². The van der Waals surface area contributed by atoms with Gasteiger partial charge in [0.15, 0.2) is 5.69 Å². The van der Waals surface area contributed by atoms with Crippen molar-refractivity contribution in [2.45, 2.75) is 33.2 Å². The number of carbonyl (C=O) groups is 1. The summed E-state index contributed by atoms with van der Waals surface area (Å²) in [6.45, 7) is 5.80. The molecule has 0 unspecified atom stereocenters. The van der Waals surface area contributed by atoms with E-state index < -0.39 is 0 Å². The number of likely N-dealkylation sites (N-methyl/N-ethyl adjacent to an activating group) is 1. The summed E-state index contributed by atoms with van der Waals surface area (Å²) in [5.74, 6) is -0.378. The van der Waals surface area contributed by atoms with Gasteiger partial charge in [0.25, 0.3) is 0 Å². The molecular formula is C12H22N4O2. The average Bonchev–Trinajstić information content (AvgIpc) is 2.70. The Bertz CT molecular complexity index is 387. The maximum Gasteiger partial charge on any atom is 0.360 e. The van der Waals surface area contributed by atoms with E-state index in [-0.39, 0.29) is 5.97 Å². The molecule has 6 nitrogen and oxygen atoms in total. The fourth-order valence-corrected chi connectivity index (χ4v) is 1.65. The van der Waals surface area contributed by atoms with Crippen LogP contribution in [0, 0.1) is 0 Å². The number of carbonyl (C=O) groups excluding carboxylic acids is 1. The van der Waals surface area contributed by atoms with Crippen LogP contribution in [0.5, 0.6) is 0 Å². The number of rotatable bonds is 7. The Balaban J connectivity index is 2.87. The van der Waals surface area contributed by atoms with Crippen molar-refractivity contribution in [1.29, 1.82) is 0 Å². The zero-order valence-corrected chi connectivity index (χ0v) is 11.6. The Morgan fingerprint density at radius 1 is 1.39 bits per heavy atom. The predicted octanol–water partition coefficient (Wildman–Crippen LogP) is 0.969. The van der Waals surface area contributed by atoms with Gasteiger partial charge in [-0.2, -0.15) is 0 Å². The second-order valence-electron chi connectivity index (χ2n) is 4.38. The minimum absolute atomic E-state index is 0.356. The van der Waals surface area contributed by atoms with Gasteiger partial charge in [-0.1, -0.05) is 18.6 Å². The van der Waals surface area contributed by atoms with Gasteiger partial charge in [-0.05, 0) is 27.4 Å². The van der Waals surface area contributed by atoms with Gasteiger partial charge in [-0.25, -0.2) is 9.48 Å². The molecule has 0 radical (unpaired) electrons. The Kier molecular flexibility index (Phi) is 5.77. The zero-order valence-electron chi connectivity index (χ0n) is 11.6. The van der Waals surface area contributed by atoms with Crippen LogP contribution in [0.2, 0.25) is 0 Å². The van der Waals surface area contributed by atoms with Crippen molar-refractivity contribution in [3.05, 3.63) is 11.4 Å². The molecule has 0 aliphatic heterocycles. The minimum atomic E-state index is -0.378. The van der Waals surface area contributed by atoms with E-state index >= 15 is 0 Å². The molecule has 0 aliphatic rings. The van der Waals surface area contributed by atoms with Gasteiger partial charge in [0.05, 0.1) is 18.8 Å². The third-order valence-electron chi connectivity index (χ3n) is 2.55. The maximum atomic E-state index is 11.7. The summed E-state index contributed by atoms with van der Waals surface area (Å²) in [4.78, 5) is 13.8. The highest BCUT2D eigenvalue weighted by molar-refractivity contribution is 5.88. The van der Waals surface area contributed by atoms with E-state index in [0.29, 0.717) is 12.3 Å². The quantitative estimate of drug-likeness (QED) is 0.678. The standard InChI is InChI=1S/C12H22N4O2/c1-5-7-10-11(12(17)18-6-2)13-14-16(10)9-8-15(3)4/h5-9H2,1-4H3. The molecule has 0 spiro atoms. The van der Waals surface area contributed by atoms with E-state index in [0.717, 1.165) is 31.6 Å². The predicted molar refractivity (Wildman–Crippen MR) is 68.5 cm³/mol. The first-order chi connectivity index (χ1) is 8.60. The van der Waals surface area contributed by atoms with Crippen LogP contribution in [0.1, 0.15) is 36.5 Å². The first-order valence-electron chi connectivity index (χ1n) is 6.34. The summed E-state index contributed by atoms with van der Waals surface area (Å²) >= 11 is 0. The Hall–Kier alpha value is -1.43. The van der Waals surface area contributed by atoms with Gasteiger partial charge < -0.3 is 9.64 Å². The van der Waals surface area contributed by atoms with E-state index in [9.17, 15) is 4.79 Å². The van der Waals surface area contributed by atoms with Crippen LogP contribution in [-0.4, -0.2) is 53.1 Å². The second kappa shape index (κ2) is 7.10. The third-order valence-corrected chi connectivity index (χ3v) is 2.55. The molecule has 0 fully saturated rings. The number of hydrogen-bond acceptors (Lipinski definition) is 5. The number of hydrogen-bond donors (Lipinski definition) is 0. The topological polar surface area (TPSA) is 60.2 Å². The normalized spacial score (nSPS) is 10.9. The van der Waals surface area contributed by atoms with Gasteiger partial charge in [0.2, 0.25) is 0 Å². The summed E-state index contributed by atoms with van der Waals surface area (Å²) in [6, 6.07) is 0. The Labute approximate surface area is 108 Å². The zero-order chi connectivity index (χ0) is 13.5. The number of nitrogens with zero attached hydrogens (tertiary/aromatic N) is 4. The Morgan fingerprint density at radius 3 is 2.67 bits per heavy atom. The van der Waals surface area contributed by atoms with Crippen LogP contribution >= 0.6 is 0 Å². The molecular weight excluding hydrogens is 232 g/mol. The molecule has 0 aliphatic carbocycles. The van der Waals surface area contributed by atoms with E-state index in [1.807, 2.05) is 14.1 Å². The molecule has 18 heavy (non-hydrogen) atoms. The van der Waals surface area contributed by atoms with Crippen molar-refractivity contribution < 1.29 is 9.53 Å². The van der Waals surface area contributed by atoms with Gasteiger partial charge in [-0.15, -0.1) is 5.10 Å². The first-order valence-corrected chi connectivity index (χ1v) is 6.34. The molecule has 1 heterocycles. The van der Waals surface area contributed by atoms with Crippen LogP contribution in [0.3, 0.4) is 0 Å². The molecule has 0 saturated carbocycles. The molecule has 0 bridgehead atoms. The summed E-state index contributed by atoms with van der Waals surface area (Å²) in [7, 11) is 4.01. The average molecular weight is 254 g/mol. The fraction of sp³-hybridized carbons (Fsp3) is 0.750. The molecule has 1 rings (SSSR count). The lowest BCUT2D eigenvalue weighted by Gasteiger charge is -2.11. The van der Waals surface area contributed by atoms with E-state index in [1.54, 1.807) is 11.6 Å². The third kappa shape index (κ3) is 3.80.